The van der Waals surface area contributed by atoms with E-state index in [9.17, 15) is 4.79 Å². The Morgan fingerprint density at radius 2 is 2.12 bits per heavy atom. The molecule has 0 aliphatic heterocycles. The Balaban J connectivity index is 1.48. The SMILES string of the molecule is O=C(COC1CCCC1)Nc1ccccc1OCCn1ccnc1. The van der Waals surface area contributed by atoms with Crippen molar-refractivity contribution in [2.24, 2.45) is 0 Å². The third-order valence-electron chi connectivity index (χ3n) is 4.08. The van der Waals surface area contributed by atoms with E-state index in [-0.39, 0.29) is 18.6 Å². The zero-order valence-corrected chi connectivity index (χ0v) is 13.7. The van der Waals surface area contributed by atoms with Gasteiger partial charge < -0.3 is 19.4 Å². The van der Waals surface area contributed by atoms with Crippen molar-refractivity contribution >= 4 is 11.6 Å². The number of imidazole rings is 1. The molecule has 1 aromatic heterocycles. The quantitative estimate of drug-likeness (QED) is 0.809. The fourth-order valence-corrected chi connectivity index (χ4v) is 2.81. The number of ether oxygens (including phenoxy) is 2. The average Bonchev–Trinajstić information content (AvgIpc) is 3.28. The lowest BCUT2D eigenvalue weighted by Crippen LogP contribution is -2.22. The van der Waals surface area contributed by atoms with Gasteiger partial charge in [0.15, 0.2) is 0 Å². The van der Waals surface area contributed by atoms with Gasteiger partial charge in [-0.2, -0.15) is 0 Å². The summed E-state index contributed by atoms with van der Waals surface area (Å²) >= 11 is 0. The summed E-state index contributed by atoms with van der Waals surface area (Å²) in [6.45, 7) is 1.29. The van der Waals surface area contributed by atoms with E-state index < -0.39 is 0 Å². The number of aromatic nitrogens is 2. The first-order chi connectivity index (χ1) is 11.8. The summed E-state index contributed by atoms with van der Waals surface area (Å²) in [6, 6.07) is 7.44. The monoisotopic (exact) mass is 329 g/mol. The third kappa shape index (κ3) is 4.83. The van der Waals surface area contributed by atoms with Crippen LogP contribution in [0, 0.1) is 0 Å². The predicted octanol–water partition coefficient (Wildman–Crippen LogP) is 2.86. The minimum Gasteiger partial charge on any atom is -0.490 e. The molecule has 1 N–H and O–H groups in total. The van der Waals surface area contributed by atoms with Gasteiger partial charge in [-0.15, -0.1) is 0 Å². The molecule has 0 spiro atoms. The molecule has 0 saturated heterocycles. The van der Waals surface area contributed by atoms with Crippen molar-refractivity contribution in [3.05, 3.63) is 43.0 Å². The van der Waals surface area contributed by atoms with E-state index >= 15 is 0 Å². The maximum Gasteiger partial charge on any atom is 0.250 e. The second-order valence-electron chi connectivity index (χ2n) is 5.91. The number of amides is 1. The molecule has 6 nitrogen and oxygen atoms in total. The lowest BCUT2D eigenvalue weighted by Gasteiger charge is -2.14. The van der Waals surface area contributed by atoms with Crippen LogP contribution in [0.4, 0.5) is 5.69 Å². The van der Waals surface area contributed by atoms with Crippen molar-refractivity contribution in [1.29, 1.82) is 0 Å². The summed E-state index contributed by atoms with van der Waals surface area (Å²) in [6.07, 6.45) is 10.1. The minimum absolute atomic E-state index is 0.0913. The van der Waals surface area contributed by atoms with Crippen molar-refractivity contribution in [1.82, 2.24) is 9.55 Å². The predicted molar refractivity (Wildman–Crippen MR) is 91.0 cm³/mol. The minimum atomic E-state index is -0.146. The molecular formula is C18H23N3O3. The van der Waals surface area contributed by atoms with Gasteiger partial charge in [0.05, 0.1) is 24.7 Å². The first kappa shape index (κ1) is 16.5. The van der Waals surface area contributed by atoms with Gasteiger partial charge in [-0.3, -0.25) is 4.79 Å². The van der Waals surface area contributed by atoms with Crippen LogP contribution in [0.2, 0.25) is 0 Å². The Morgan fingerprint density at radius 3 is 2.92 bits per heavy atom. The highest BCUT2D eigenvalue weighted by Gasteiger charge is 2.17. The van der Waals surface area contributed by atoms with E-state index in [1.54, 1.807) is 12.5 Å². The first-order valence-electron chi connectivity index (χ1n) is 8.40. The summed E-state index contributed by atoms with van der Waals surface area (Å²) in [4.78, 5) is 16.1. The van der Waals surface area contributed by atoms with Gasteiger partial charge in [0.2, 0.25) is 5.91 Å². The largest absolute Gasteiger partial charge is 0.490 e. The van der Waals surface area contributed by atoms with Gasteiger partial charge in [0.1, 0.15) is 19.0 Å². The number of hydrogen-bond acceptors (Lipinski definition) is 4. The number of anilines is 1. The molecule has 1 amide bonds. The number of nitrogens with zero attached hydrogens (tertiary/aromatic N) is 2. The smallest absolute Gasteiger partial charge is 0.250 e. The Bertz CT molecular complexity index is 637. The highest BCUT2D eigenvalue weighted by atomic mass is 16.5. The molecule has 1 aliphatic carbocycles. The topological polar surface area (TPSA) is 65.4 Å². The second-order valence-corrected chi connectivity index (χ2v) is 5.91. The van der Waals surface area contributed by atoms with Gasteiger partial charge in [0.25, 0.3) is 0 Å². The van der Waals surface area contributed by atoms with Crippen molar-refractivity contribution in [3.8, 4) is 5.75 Å². The maximum atomic E-state index is 12.1. The normalized spacial score (nSPS) is 14.7. The summed E-state index contributed by atoms with van der Waals surface area (Å²) in [7, 11) is 0. The molecule has 1 heterocycles. The number of carbonyl (C=O) groups excluding carboxylic acids is 1. The van der Waals surface area contributed by atoms with E-state index in [1.807, 2.05) is 35.0 Å². The first-order valence-corrected chi connectivity index (χ1v) is 8.40. The Labute approximate surface area is 141 Å². The molecule has 1 aromatic carbocycles. The van der Waals surface area contributed by atoms with Crippen LogP contribution in [0.15, 0.2) is 43.0 Å². The molecule has 0 unspecified atom stereocenters. The van der Waals surface area contributed by atoms with Crippen molar-refractivity contribution < 1.29 is 14.3 Å². The molecule has 3 rings (SSSR count). The number of hydrogen-bond donors (Lipinski definition) is 1. The van der Waals surface area contributed by atoms with Crippen LogP contribution in [-0.2, 0) is 16.1 Å². The van der Waals surface area contributed by atoms with Crippen LogP contribution in [0.3, 0.4) is 0 Å². The molecule has 128 valence electrons. The lowest BCUT2D eigenvalue weighted by molar-refractivity contribution is -0.122. The van der Waals surface area contributed by atoms with E-state index in [0.717, 1.165) is 12.8 Å². The van der Waals surface area contributed by atoms with Crippen molar-refractivity contribution in [3.63, 3.8) is 0 Å². The van der Waals surface area contributed by atoms with Crippen LogP contribution in [0.25, 0.3) is 0 Å². The van der Waals surface area contributed by atoms with Crippen molar-refractivity contribution in [2.45, 2.75) is 38.3 Å². The molecular weight excluding hydrogens is 306 g/mol. The number of carbonyl (C=O) groups is 1. The molecule has 24 heavy (non-hydrogen) atoms. The average molecular weight is 329 g/mol. The van der Waals surface area contributed by atoms with Crippen LogP contribution in [0.1, 0.15) is 25.7 Å². The van der Waals surface area contributed by atoms with E-state index in [4.69, 9.17) is 9.47 Å². The van der Waals surface area contributed by atoms with Crippen LogP contribution >= 0.6 is 0 Å². The molecule has 0 atom stereocenters. The third-order valence-corrected chi connectivity index (χ3v) is 4.08. The van der Waals surface area contributed by atoms with Crippen LogP contribution in [0.5, 0.6) is 5.75 Å². The molecule has 2 aromatic rings. The summed E-state index contributed by atoms with van der Waals surface area (Å²) in [5.74, 6) is 0.513. The van der Waals surface area contributed by atoms with Gasteiger partial charge in [0, 0.05) is 12.4 Å². The summed E-state index contributed by atoms with van der Waals surface area (Å²) < 4.78 is 13.4. The number of benzene rings is 1. The van der Waals surface area contributed by atoms with Crippen LogP contribution < -0.4 is 10.1 Å². The van der Waals surface area contributed by atoms with Gasteiger partial charge >= 0.3 is 0 Å². The Kier molecular flexibility index (Phi) is 5.85. The zero-order chi connectivity index (χ0) is 16.6. The highest BCUT2D eigenvalue weighted by Crippen LogP contribution is 2.24. The highest BCUT2D eigenvalue weighted by molar-refractivity contribution is 5.93. The van der Waals surface area contributed by atoms with Gasteiger partial charge in [-0.05, 0) is 25.0 Å². The number of rotatable bonds is 8. The number of para-hydroxylation sites is 2. The Hall–Kier alpha value is -2.34. The van der Waals surface area contributed by atoms with Gasteiger partial charge in [-0.1, -0.05) is 25.0 Å². The molecule has 1 saturated carbocycles. The maximum absolute atomic E-state index is 12.1. The second kappa shape index (κ2) is 8.49. The van der Waals surface area contributed by atoms with E-state index in [0.29, 0.717) is 24.6 Å². The summed E-state index contributed by atoms with van der Waals surface area (Å²) in [5, 5.41) is 2.87. The lowest BCUT2D eigenvalue weighted by atomic mass is 10.3. The summed E-state index contributed by atoms with van der Waals surface area (Å²) in [5.41, 5.74) is 0.670. The van der Waals surface area contributed by atoms with Gasteiger partial charge in [-0.25, -0.2) is 4.98 Å². The molecule has 1 aliphatic rings. The fourth-order valence-electron chi connectivity index (χ4n) is 2.81. The van der Waals surface area contributed by atoms with E-state index in [2.05, 4.69) is 10.3 Å². The molecule has 0 radical (unpaired) electrons. The molecule has 0 bridgehead atoms. The zero-order valence-electron chi connectivity index (χ0n) is 13.7. The molecule has 6 heteroatoms. The number of nitrogens with one attached hydrogen (secondary N) is 1. The van der Waals surface area contributed by atoms with Crippen molar-refractivity contribution in [2.75, 3.05) is 18.5 Å². The van der Waals surface area contributed by atoms with Crippen LogP contribution in [-0.4, -0.2) is 34.8 Å². The fraction of sp³-hybridized carbons (Fsp3) is 0.444. The Morgan fingerprint density at radius 1 is 1.29 bits per heavy atom. The molecule has 1 fully saturated rings. The standard InChI is InChI=1S/C18H23N3O3/c22-18(13-24-15-5-1-2-6-15)20-16-7-3-4-8-17(16)23-12-11-21-10-9-19-14-21/h3-4,7-10,14-15H,1-2,5-6,11-13H2,(H,20,22). The van der Waals surface area contributed by atoms with E-state index in [1.165, 1.54) is 12.8 Å².